The van der Waals surface area contributed by atoms with Crippen LogP contribution in [0.3, 0.4) is 0 Å². The molecule has 2 aromatic rings. The van der Waals surface area contributed by atoms with Crippen LogP contribution in [0.25, 0.3) is 0 Å². The van der Waals surface area contributed by atoms with E-state index in [4.69, 9.17) is 11.6 Å². The van der Waals surface area contributed by atoms with Crippen LogP contribution in [0, 0.1) is 0 Å². The maximum absolute atomic E-state index is 11.9. The Balaban J connectivity index is 2.49. The summed E-state index contributed by atoms with van der Waals surface area (Å²) >= 11 is 6.86. The molecule has 0 aliphatic carbocycles. The van der Waals surface area contributed by atoms with E-state index in [9.17, 15) is 9.59 Å². The molecule has 0 saturated carbocycles. The van der Waals surface area contributed by atoms with Crippen molar-refractivity contribution in [3.05, 3.63) is 43.1 Å². The van der Waals surface area contributed by atoms with Crippen molar-refractivity contribution in [3.8, 4) is 0 Å². The summed E-state index contributed by atoms with van der Waals surface area (Å²) in [6.07, 6.45) is 1.47. The molecule has 2 rings (SSSR count). The highest BCUT2D eigenvalue weighted by Gasteiger charge is 2.10. The fourth-order valence-electron chi connectivity index (χ4n) is 1.38. The Morgan fingerprint density at radius 3 is 2.82 bits per heavy atom. The van der Waals surface area contributed by atoms with Gasteiger partial charge in [-0.2, -0.15) is 0 Å². The van der Waals surface area contributed by atoms with Crippen molar-refractivity contribution >= 4 is 23.1 Å². The Morgan fingerprint density at radius 1 is 1.47 bits per heavy atom. The summed E-state index contributed by atoms with van der Waals surface area (Å²) in [7, 11) is 0. The van der Waals surface area contributed by atoms with E-state index in [1.54, 1.807) is 0 Å². The second kappa shape index (κ2) is 4.80. The van der Waals surface area contributed by atoms with E-state index in [0.717, 1.165) is 16.1 Å². The fourth-order valence-corrected chi connectivity index (χ4v) is 2.00. The maximum atomic E-state index is 11.9. The van der Waals surface area contributed by atoms with Gasteiger partial charge in [0.05, 0.1) is 6.54 Å². The summed E-state index contributed by atoms with van der Waals surface area (Å²) in [6, 6.07) is 1.35. The Morgan fingerprint density at radius 2 is 2.24 bits per heavy atom. The van der Waals surface area contributed by atoms with Crippen molar-refractivity contribution in [2.24, 2.45) is 0 Å². The first-order valence-electron chi connectivity index (χ1n) is 4.90. The number of rotatable bonds is 3. The van der Waals surface area contributed by atoms with E-state index < -0.39 is 0 Å². The van der Waals surface area contributed by atoms with Crippen molar-refractivity contribution in [1.82, 2.24) is 18.7 Å². The van der Waals surface area contributed by atoms with Crippen molar-refractivity contribution in [1.29, 1.82) is 0 Å². The van der Waals surface area contributed by atoms with E-state index in [0.29, 0.717) is 16.6 Å². The zero-order valence-electron chi connectivity index (χ0n) is 8.96. The summed E-state index contributed by atoms with van der Waals surface area (Å²) < 4.78 is 6.58. The zero-order chi connectivity index (χ0) is 12.4. The Bertz CT molecular complexity index is 645. The summed E-state index contributed by atoms with van der Waals surface area (Å²) in [5.74, 6) is 0. The molecule has 2 heterocycles. The average molecular weight is 273 g/mol. The van der Waals surface area contributed by atoms with Gasteiger partial charge in [0.15, 0.2) is 0 Å². The van der Waals surface area contributed by atoms with Gasteiger partial charge in [0, 0.05) is 30.3 Å². The lowest BCUT2D eigenvalue weighted by Gasteiger charge is -2.06. The molecular weight excluding hydrogens is 264 g/mol. The van der Waals surface area contributed by atoms with Gasteiger partial charge in [-0.1, -0.05) is 16.1 Å². The molecule has 0 fully saturated rings. The predicted octanol–water partition coefficient (Wildman–Crippen LogP) is 0.583. The van der Waals surface area contributed by atoms with Crippen LogP contribution in [0.2, 0.25) is 4.34 Å². The second-order valence-electron chi connectivity index (χ2n) is 3.30. The molecule has 17 heavy (non-hydrogen) atoms. The van der Waals surface area contributed by atoms with Crippen LogP contribution in [0.5, 0.6) is 0 Å². The molecule has 0 aliphatic heterocycles. The van der Waals surface area contributed by atoms with Gasteiger partial charge >= 0.3 is 5.69 Å². The number of aryl methyl sites for hydroxylation is 1. The van der Waals surface area contributed by atoms with Crippen LogP contribution in [-0.2, 0) is 13.1 Å². The van der Waals surface area contributed by atoms with Gasteiger partial charge in [-0.05, 0) is 6.92 Å². The first-order valence-corrected chi connectivity index (χ1v) is 6.05. The molecule has 0 saturated heterocycles. The van der Waals surface area contributed by atoms with E-state index in [1.165, 1.54) is 16.8 Å². The smallest absolute Gasteiger partial charge is 0.301 e. The molecule has 0 unspecified atom stereocenters. The molecule has 6 nitrogen and oxygen atoms in total. The van der Waals surface area contributed by atoms with E-state index >= 15 is 0 Å². The standard InChI is InChI=1S/C9H9ClN4O2S/c1-2-13-4-3-7(15)14(9(13)16)5-6-8(10)17-12-11-6/h3-4H,2,5H2,1H3. The lowest BCUT2D eigenvalue weighted by molar-refractivity contribution is 0.594. The summed E-state index contributed by atoms with van der Waals surface area (Å²) in [5.41, 5.74) is -0.308. The molecular formula is C9H9ClN4O2S. The summed E-state index contributed by atoms with van der Waals surface area (Å²) in [5, 5.41) is 3.78. The van der Waals surface area contributed by atoms with Crippen LogP contribution < -0.4 is 11.2 Å². The van der Waals surface area contributed by atoms with E-state index in [1.807, 2.05) is 6.92 Å². The normalized spacial score (nSPS) is 10.7. The van der Waals surface area contributed by atoms with Crippen LogP contribution in [0.15, 0.2) is 21.9 Å². The monoisotopic (exact) mass is 272 g/mol. The first-order chi connectivity index (χ1) is 8.13. The van der Waals surface area contributed by atoms with Gasteiger partial charge in [-0.3, -0.25) is 9.36 Å². The van der Waals surface area contributed by atoms with Crippen molar-refractivity contribution < 1.29 is 0 Å². The van der Waals surface area contributed by atoms with Gasteiger partial charge < -0.3 is 4.57 Å². The van der Waals surface area contributed by atoms with Gasteiger partial charge in [-0.25, -0.2) is 4.79 Å². The fraction of sp³-hybridized carbons (Fsp3) is 0.333. The minimum absolute atomic E-state index is 0.0494. The average Bonchev–Trinajstić information content (AvgIpc) is 2.70. The molecule has 0 N–H and O–H groups in total. The Hall–Kier alpha value is -1.47. The van der Waals surface area contributed by atoms with Crippen molar-refractivity contribution in [3.63, 3.8) is 0 Å². The highest BCUT2D eigenvalue weighted by atomic mass is 35.5. The minimum Gasteiger partial charge on any atom is -0.301 e. The van der Waals surface area contributed by atoms with Gasteiger partial charge in [0.25, 0.3) is 5.56 Å². The quantitative estimate of drug-likeness (QED) is 0.820. The second-order valence-corrected chi connectivity index (χ2v) is 4.66. The van der Waals surface area contributed by atoms with Crippen LogP contribution >= 0.6 is 23.1 Å². The van der Waals surface area contributed by atoms with Gasteiger partial charge in [0.1, 0.15) is 10.0 Å². The number of hydrogen-bond donors (Lipinski definition) is 0. The number of hydrogen-bond acceptors (Lipinski definition) is 5. The van der Waals surface area contributed by atoms with E-state index in [-0.39, 0.29) is 17.8 Å². The molecule has 0 spiro atoms. The minimum atomic E-state index is -0.372. The molecule has 8 heteroatoms. The molecule has 0 aliphatic rings. The SMILES string of the molecule is CCn1ccc(=O)n(Cc2nnsc2Cl)c1=O. The van der Waals surface area contributed by atoms with E-state index in [2.05, 4.69) is 9.59 Å². The van der Waals surface area contributed by atoms with Crippen LogP contribution in [0.1, 0.15) is 12.6 Å². The third-order valence-electron chi connectivity index (χ3n) is 2.30. The zero-order valence-corrected chi connectivity index (χ0v) is 10.5. The Labute approximate surface area is 105 Å². The third kappa shape index (κ3) is 2.29. The Kier molecular flexibility index (Phi) is 3.39. The number of halogens is 1. The van der Waals surface area contributed by atoms with Crippen LogP contribution in [0.4, 0.5) is 0 Å². The number of nitrogens with zero attached hydrogens (tertiary/aromatic N) is 4. The maximum Gasteiger partial charge on any atom is 0.331 e. The highest BCUT2D eigenvalue weighted by Crippen LogP contribution is 2.16. The van der Waals surface area contributed by atoms with Crippen molar-refractivity contribution in [2.45, 2.75) is 20.0 Å². The van der Waals surface area contributed by atoms with Crippen molar-refractivity contribution in [2.75, 3.05) is 0 Å². The molecule has 0 amide bonds. The third-order valence-corrected chi connectivity index (χ3v) is 3.28. The predicted molar refractivity (Wildman–Crippen MR) is 64.7 cm³/mol. The van der Waals surface area contributed by atoms with Crippen LogP contribution in [-0.4, -0.2) is 18.7 Å². The molecule has 2 aromatic heterocycles. The summed E-state index contributed by atoms with van der Waals surface area (Å²) in [6.45, 7) is 2.38. The lowest BCUT2D eigenvalue weighted by atomic mass is 10.4. The largest absolute Gasteiger partial charge is 0.331 e. The first kappa shape index (κ1) is 12.0. The molecule has 90 valence electrons. The molecule has 0 radical (unpaired) electrons. The lowest BCUT2D eigenvalue weighted by Crippen LogP contribution is -2.39. The number of aromatic nitrogens is 4. The van der Waals surface area contributed by atoms with Gasteiger partial charge in [-0.15, -0.1) is 5.10 Å². The molecule has 0 bridgehead atoms. The topological polar surface area (TPSA) is 69.8 Å². The molecule has 0 atom stereocenters. The molecule has 0 aromatic carbocycles. The highest BCUT2D eigenvalue weighted by molar-refractivity contribution is 7.10. The summed E-state index contributed by atoms with van der Waals surface area (Å²) in [4.78, 5) is 23.5. The van der Waals surface area contributed by atoms with Gasteiger partial charge in [0.2, 0.25) is 0 Å².